The Hall–Kier alpha value is -3.03. The second-order valence-electron chi connectivity index (χ2n) is 7.02. The molecule has 2 aromatic heterocycles. The summed E-state index contributed by atoms with van der Waals surface area (Å²) in [5.41, 5.74) is 3.68. The molecule has 31 heavy (non-hydrogen) atoms. The SMILES string of the molecule is Nc1nc2c(c(=O)[nH]1)n(CC(=O)c1ccc(Cl)cc1)c(=O)n2[C@@H]1O[C@H](CO)[C@@H](O)[C@H]1O. The number of nitrogen functional groups attached to an aromatic ring is 1. The summed E-state index contributed by atoms with van der Waals surface area (Å²) >= 11 is 5.83. The molecule has 0 unspecified atom stereocenters. The monoisotopic (exact) mass is 451 g/mol. The van der Waals surface area contributed by atoms with Crippen molar-refractivity contribution in [1.29, 1.82) is 0 Å². The van der Waals surface area contributed by atoms with Crippen molar-refractivity contribution in [2.24, 2.45) is 0 Å². The van der Waals surface area contributed by atoms with Crippen LogP contribution in [0.3, 0.4) is 0 Å². The van der Waals surface area contributed by atoms with Crippen LogP contribution in [0, 0.1) is 0 Å². The number of hydrogen-bond acceptors (Lipinski definition) is 9. The number of aromatic amines is 1. The summed E-state index contributed by atoms with van der Waals surface area (Å²) in [4.78, 5) is 44.7. The zero-order valence-electron chi connectivity index (χ0n) is 15.8. The zero-order chi connectivity index (χ0) is 22.4. The van der Waals surface area contributed by atoms with Gasteiger partial charge in [0, 0.05) is 10.6 Å². The number of aliphatic hydroxyl groups is 3. The van der Waals surface area contributed by atoms with Gasteiger partial charge in [-0.25, -0.2) is 9.36 Å². The number of ketones is 1. The van der Waals surface area contributed by atoms with Crippen LogP contribution in [0.1, 0.15) is 16.6 Å². The van der Waals surface area contributed by atoms with Crippen LogP contribution < -0.4 is 17.0 Å². The second-order valence-corrected chi connectivity index (χ2v) is 7.46. The molecule has 1 aliphatic rings. The van der Waals surface area contributed by atoms with Gasteiger partial charge in [0.25, 0.3) is 5.56 Å². The van der Waals surface area contributed by atoms with E-state index in [-0.39, 0.29) is 22.7 Å². The first-order valence-electron chi connectivity index (χ1n) is 9.14. The highest BCUT2D eigenvalue weighted by molar-refractivity contribution is 6.30. The average Bonchev–Trinajstić information content (AvgIpc) is 3.16. The van der Waals surface area contributed by atoms with Crippen molar-refractivity contribution >= 4 is 34.5 Å². The molecule has 1 aromatic carbocycles. The number of aromatic nitrogens is 4. The first-order valence-corrected chi connectivity index (χ1v) is 9.52. The van der Waals surface area contributed by atoms with Gasteiger partial charge >= 0.3 is 5.69 Å². The van der Waals surface area contributed by atoms with E-state index >= 15 is 0 Å². The number of nitrogens with one attached hydrogen (secondary N) is 1. The number of benzene rings is 1. The number of carbonyl (C=O) groups excluding carboxylic acids is 1. The van der Waals surface area contributed by atoms with E-state index in [4.69, 9.17) is 22.1 Å². The molecule has 6 N–H and O–H groups in total. The van der Waals surface area contributed by atoms with Crippen LogP contribution in [-0.4, -0.2) is 65.1 Å². The summed E-state index contributed by atoms with van der Waals surface area (Å²) in [6.45, 7) is -1.14. The van der Waals surface area contributed by atoms with Gasteiger partial charge in [0.05, 0.1) is 13.2 Å². The van der Waals surface area contributed by atoms with Crippen LogP contribution >= 0.6 is 11.6 Å². The van der Waals surface area contributed by atoms with Gasteiger partial charge in [-0.1, -0.05) is 11.6 Å². The Morgan fingerprint density at radius 1 is 1.23 bits per heavy atom. The largest absolute Gasteiger partial charge is 0.394 e. The van der Waals surface area contributed by atoms with E-state index in [0.29, 0.717) is 5.02 Å². The molecule has 0 radical (unpaired) electrons. The van der Waals surface area contributed by atoms with Crippen LogP contribution in [0.5, 0.6) is 0 Å². The van der Waals surface area contributed by atoms with Gasteiger partial charge in [-0.15, -0.1) is 0 Å². The first-order chi connectivity index (χ1) is 14.7. The molecule has 12 nitrogen and oxygen atoms in total. The molecule has 13 heteroatoms. The molecular formula is C18H18ClN5O7. The van der Waals surface area contributed by atoms with Crippen LogP contribution in [0.2, 0.25) is 5.02 Å². The number of carbonyl (C=O) groups is 1. The quantitative estimate of drug-likeness (QED) is 0.291. The summed E-state index contributed by atoms with van der Waals surface area (Å²) in [5, 5.41) is 30.1. The number of anilines is 1. The number of nitrogens with two attached hydrogens (primary N) is 1. The third-order valence-corrected chi connectivity index (χ3v) is 5.32. The molecule has 1 aliphatic heterocycles. The van der Waals surface area contributed by atoms with Gasteiger partial charge in [0.2, 0.25) is 5.95 Å². The van der Waals surface area contributed by atoms with E-state index in [2.05, 4.69) is 9.97 Å². The Kier molecular flexibility index (Phi) is 5.41. The van der Waals surface area contributed by atoms with E-state index < -0.39 is 54.7 Å². The van der Waals surface area contributed by atoms with E-state index in [1.165, 1.54) is 24.3 Å². The maximum atomic E-state index is 13.2. The molecule has 1 saturated heterocycles. The number of nitrogens with zero attached hydrogens (tertiary/aromatic N) is 3. The summed E-state index contributed by atoms with van der Waals surface area (Å²) in [5.74, 6) is -0.797. The molecule has 164 valence electrons. The van der Waals surface area contributed by atoms with Crippen LogP contribution in [-0.2, 0) is 11.3 Å². The predicted molar refractivity (Wildman–Crippen MR) is 108 cm³/mol. The minimum absolute atomic E-state index is 0.245. The van der Waals surface area contributed by atoms with Crippen LogP contribution in [0.25, 0.3) is 11.2 Å². The van der Waals surface area contributed by atoms with Gasteiger partial charge in [-0.2, -0.15) is 4.98 Å². The molecule has 0 amide bonds. The first kappa shape index (κ1) is 21.2. The number of halogens is 1. The number of H-pyrrole nitrogens is 1. The third kappa shape index (κ3) is 3.54. The number of rotatable bonds is 5. The van der Waals surface area contributed by atoms with Crippen molar-refractivity contribution in [3.8, 4) is 0 Å². The molecule has 3 heterocycles. The van der Waals surface area contributed by atoms with Gasteiger partial charge in [-0.3, -0.25) is 19.1 Å². The summed E-state index contributed by atoms with van der Waals surface area (Å²) < 4.78 is 7.13. The fraction of sp³-hybridized carbons (Fsp3) is 0.333. The van der Waals surface area contributed by atoms with Gasteiger partial charge in [0.1, 0.15) is 18.3 Å². The Morgan fingerprint density at radius 2 is 1.90 bits per heavy atom. The van der Waals surface area contributed by atoms with Gasteiger partial charge < -0.3 is 25.8 Å². The number of imidazole rings is 1. The topological polar surface area (TPSA) is 186 Å². The Labute approximate surface area is 178 Å². The summed E-state index contributed by atoms with van der Waals surface area (Å²) in [7, 11) is 0. The predicted octanol–water partition coefficient (Wildman–Crippen LogP) is -1.38. The minimum Gasteiger partial charge on any atom is -0.394 e. The molecule has 0 spiro atoms. The van der Waals surface area contributed by atoms with Crippen LogP contribution in [0.15, 0.2) is 33.9 Å². The maximum Gasteiger partial charge on any atom is 0.333 e. The fourth-order valence-electron chi connectivity index (χ4n) is 3.54. The fourth-order valence-corrected chi connectivity index (χ4v) is 3.67. The molecule has 0 saturated carbocycles. The van der Waals surface area contributed by atoms with Crippen molar-refractivity contribution in [2.75, 3.05) is 12.3 Å². The Balaban J connectivity index is 1.86. The summed E-state index contributed by atoms with van der Waals surface area (Å²) in [6, 6.07) is 5.97. The lowest BCUT2D eigenvalue weighted by molar-refractivity contribution is -0.0527. The molecular weight excluding hydrogens is 434 g/mol. The molecule has 0 bridgehead atoms. The number of Topliss-reactive ketones (excluding diaryl/α,β-unsaturated/α-hetero) is 1. The lowest BCUT2D eigenvalue weighted by Gasteiger charge is -2.15. The maximum absolute atomic E-state index is 13.2. The van der Waals surface area contributed by atoms with Gasteiger partial charge in [-0.05, 0) is 24.3 Å². The van der Waals surface area contributed by atoms with Crippen molar-refractivity contribution < 1.29 is 24.9 Å². The van der Waals surface area contributed by atoms with Crippen molar-refractivity contribution in [1.82, 2.24) is 19.1 Å². The van der Waals surface area contributed by atoms with Crippen molar-refractivity contribution in [2.45, 2.75) is 31.1 Å². The highest BCUT2D eigenvalue weighted by Crippen LogP contribution is 2.30. The number of ether oxygens (including phenoxy) is 1. The normalized spacial score (nSPS) is 23.5. The third-order valence-electron chi connectivity index (χ3n) is 5.07. The second kappa shape index (κ2) is 7.90. The van der Waals surface area contributed by atoms with E-state index in [1.54, 1.807) is 0 Å². The van der Waals surface area contributed by atoms with E-state index in [0.717, 1.165) is 9.13 Å². The molecule has 4 rings (SSSR count). The standard InChI is InChI=1S/C18H18ClN5O7/c19-8-3-1-7(2-4-8)9(26)5-23-11-14(21-17(20)22-15(11)29)24(18(23)30)16-13(28)12(27)10(6-25)31-16/h1-4,10,12-13,16,25,27-28H,5-6H2,(H3,20,21,22,29)/t10-,12-,13-,16-/m1/s1. The highest BCUT2D eigenvalue weighted by atomic mass is 35.5. The smallest absolute Gasteiger partial charge is 0.333 e. The molecule has 1 fully saturated rings. The molecule has 4 atom stereocenters. The lowest BCUT2D eigenvalue weighted by atomic mass is 10.1. The van der Waals surface area contributed by atoms with E-state index in [1.807, 2.05) is 0 Å². The van der Waals surface area contributed by atoms with Crippen molar-refractivity contribution in [3.63, 3.8) is 0 Å². The number of fused-ring (bicyclic) bond motifs is 1. The lowest BCUT2D eigenvalue weighted by Crippen LogP contribution is -2.36. The van der Waals surface area contributed by atoms with Crippen molar-refractivity contribution in [3.05, 3.63) is 55.7 Å². The highest BCUT2D eigenvalue weighted by Gasteiger charge is 2.45. The van der Waals surface area contributed by atoms with E-state index in [9.17, 15) is 29.7 Å². The number of hydrogen-bond donors (Lipinski definition) is 5. The average molecular weight is 452 g/mol. The van der Waals surface area contributed by atoms with Gasteiger partial charge in [0.15, 0.2) is 23.2 Å². The Morgan fingerprint density at radius 3 is 2.52 bits per heavy atom. The van der Waals surface area contributed by atoms with Crippen LogP contribution in [0.4, 0.5) is 5.95 Å². The Bertz CT molecular complexity index is 1270. The molecule has 3 aromatic rings. The molecule has 0 aliphatic carbocycles. The zero-order valence-corrected chi connectivity index (χ0v) is 16.6. The number of aliphatic hydroxyl groups excluding tert-OH is 3. The minimum atomic E-state index is -1.61. The summed E-state index contributed by atoms with van der Waals surface area (Å²) in [6.07, 6.45) is -5.73.